The number of para-hydroxylation sites is 1. The molecule has 8 nitrogen and oxygen atoms in total. The predicted molar refractivity (Wildman–Crippen MR) is 99.7 cm³/mol. The van der Waals surface area contributed by atoms with Gasteiger partial charge >= 0.3 is 5.63 Å². The summed E-state index contributed by atoms with van der Waals surface area (Å²) in [5, 5.41) is 14.4. The number of amides is 1. The summed E-state index contributed by atoms with van der Waals surface area (Å²) in [4.78, 5) is 26.1. The SMILES string of the molecule is CN(C)c1cnnc(NCCNC(=O)c2cc3ccccc3oc2=O)c1. The van der Waals surface area contributed by atoms with Gasteiger partial charge in [-0.25, -0.2) is 4.79 Å². The lowest BCUT2D eigenvalue weighted by Gasteiger charge is -2.13. The second-order valence-corrected chi connectivity index (χ2v) is 5.86. The Bertz CT molecular complexity index is 984. The van der Waals surface area contributed by atoms with E-state index in [1.54, 1.807) is 24.4 Å². The molecule has 0 fully saturated rings. The average molecular weight is 353 g/mol. The largest absolute Gasteiger partial charge is 0.422 e. The number of anilines is 2. The van der Waals surface area contributed by atoms with Crippen LogP contribution in [0, 0.1) is 0 Å². The van der Waals surface area contributed by atoms with E-state index in [-0.39, 0.29) is 5.56 Å². The fourth-order valence-corrected chi connectivity index (χ4v) is 2.37. The Morgan fingerprint density at radius 3 is 2.81 bits per heavy atom. The van der Waals surface area contributed by atoms with Crippen molar-refractivity contribution in [3.8, 4) is 0 Å². The highest BCUT2D eigenvalue weighted by Crippen LogP contribution is 2.13. The Morgan fingerprint density at radius 1 is 1.19 bits per heavy atom. The molecule has 3 aromatic rings. The van der Waals surface area contributed by atoms with Gasteiger partial charge in [0.05, 0.1) is 11.9 Å². The zero-order valence-corrected chi connectivity index (χ0v) is 14.5. The molecule has 8 heteroatoms. The van der Waals surface area contributed by atoms with Gasteiger partial charge in [0.1, 0.15) is 11.1 Å². The first-order valence-corrected chi connectivity index (χ1v) is 8.09. The minimum atomic E-state index is -0.654. The summed E-state index contributed by atoms with van der Waals surface area (Å²) in [5.74, 6) is 0.134. The molecule has 1 amide bonds. The smallest absolute Gasteiger partial charge is 0.349 e. The maximum atomic E-state index is 12.2. The van der Waals surface area contributed by atoms with E-state index in [4.69, 9.17) is 4.42 Å². The van der Waals surface area contributed by atoms with Crippen molar-refractivity contribution >= 4 is 28.4 Å². The molecule has 26 heavy (non-hydrogen) atoms. The van der Waals surface area contributed by atoms with Gasteiger partial charge in [-0.05, 0) is 12.1 Å². The Labute approximate surface area is 149 Å². The second-order valence-electron chi connectivity index (χ2n) is 5.86. The molecule has 2 heterocycles. The Kier molecular flexibility index (Phi) is 5.12. The lowest BCUT2D eigenvalue weighted by atomic mass is 10.2. The number of carbonyl (C=O) groups excluding carboxylic acids is 1. The highest BCUT2D eigenvalue weighted by atomic mass is 16.4. The molecule has 134 valence electrons. The van der Waals surface area contributed by atoms with E-state index in [1.807, 2.05) is 31.1 Å². The maximum absolute atomic E-state index is 12.2. The molecule has 0 atom stereocenters. The lowest BCUT2D eigenvalue weighted by Crippen LogP contribution is -2.32. The third kappa shape index (κ3) is 3.97. The molecule has 0 spiro atoms. The fourth-order valence-electron chi connectivity index (χ4n) is 2.37. The van der Waals surface area contributed by atoms with E-state index in [2.05, 4.69) is 20.8 Å². The third-order valence-electron chi connectivity index (χ3n) is 3.76. The number of aromatic nitrogens is 2. The summed E-state index contributed by atoms with van der Waals surface area (Å²) in [6.45, 7) is 0.759. The molecule has 0 aliphatic rings. The Hall–Kier alpha value is -3.42. The highest BCUT2D eigenvalue weighted by Gasteiger charge is 2.13. The zero-order valence-electron chi connectivity index (χ0n) is 14.5. The maximum Gasteiger partial charge on any atom is 0.349 e. The van der Waals surface area contributed by atoms with Gasteiger partial charge in [0.2, 0.25) is 0 Å². The lowest BCUT2D eigenvalue weighted by molar-refractivity contribution is 0.0951. The normalized spacial score (nSPS) is 10.5. The van der Waals surface area contributed by atoms with Crippen LogP contribution >= 0.6 is 0 Å². The van der Waals surface area contributed by atoms with E-state index >= 15 is 0 Å². The number of nitrogens with zero attached hydrogens (tertiary/aromatic N) is 3. The monoisotopic (exact) mass is 353 g/mol. The first kappa shape index (κ1) is 17.4. The van der Waals surface area contributed by atoms with E-state index < -0.39 is 11.5 Å². The van der Waals surface area contributed by atoms with E-state index in [0.29, 0.717) is 29.9 Å². The first-order chi connectivity index (χ1) is 12.5. The number of fused-ring (bicyclic) bond motifs is 1. The van der Waals surface area contributed by atoms with Crippen LogP contribution in [-0.4, -0.2) is 43.3 Å². The molecule has 0 unspecified atom stereocenters. The van der Waals surface area contributed by atoms with Crippen LogP contribution in [0.15, 0.2) is 51.8 Å². The molecule has 0 saturated carbocycles. The number of benzene rings is 1. The van der Waals surface area contributed by atoms with Crippen molar-refractivity contribution < 1.29 is 9.21 Å². The fraction of sp³-hybridized carbons (Fsp3) is 0.222. The summed E-state index contributed by atoms with van der Waals surface area (Å²) < 4.78 is 5.17. The molecule has 0 radical (unpaired) electrons. The summed E-state index contributed by atoms with van der Waals surface area (Å²) in [6.07, 6.45) is 1.66. The first-order valence-electron chi connectivity index (χ1n) is 8.09. The van der Waals surface area contributed by atoms with Crippen molar-refractivity contribution in [2.45, 2.75) is 0 Å². The number of hydrogen-bond acceptors (Lipinski definition) is 7. The number of nitrogens with one attached hydrogen (secondary N) is 2. The quantitative estimate of drug-likeness (QED) is 0.511. The van der Waals surface area contributed by atoms with Crippen molar-refractivity contribution in [3.05, 3.63) is 58.6 Å². The van der Waals surface area contributed by atoms with Gasteiger partial charge in [0.15, 0.2) is 5.82 Å². The molecule has 0 aliphatic heterocycles. The van der Waals surface area contributed by atoms with Gasteiger partial charge in [-0.15, -0.1) is 5.10 Å². The average Bonchev–Trinajstić information content (AvgIpc) is 2.64. The van der Waals surface area contributed by atoms with Crippen LogP contribution in [0.4, 0.5) is 11.5 Å². The summed E-state index contributed by atoms with van der Waals surface area (Å²) >= 11 is 0. The summed E-state index contributed by atoms with van der Waals surface area (Å²) in [6, 6.07) is 10.4. The van der Waals surface area contributed by atoms with Crippen LogP contribution in [0.2, 0.25) is 0 Å². The van der Waals surface area contributed by atoms with Crippen LogP contribution in [0.3, 0.4) is 0 Å². The van der Waals surface area contributed by atoms with Crippen LogP contribution in [-0.2, 0) is 0 Å². The summed E-state index contributed by atoms with van der Waals surface area (Å²) in [7, 11) is 3.83. The Balaban J connectivity index is 1.58. The number of rotatable bonds is 6. The predicted octanol–water partition coefficient (Wildman–Crippen LogP) is 1.49. The van der Waals surface area contributed by atoms with Gasteiger partial charge in [0, 0.05) is 38.6 Å². The molecular formula is C18H19N5O3. The van der Waals surface area contributed by atoms with E-state index in [9.17, 15) is 9.59 Å². The van der Waals surface area contributed by atoms with Crippen LogP contribution in [0.25, 0.3) is 11.0 Å². The van der Waals surface area contributed by atoms with E-state index in [1.165, 1.54) is 6.07 Å². The number of carbonyl (C=O) groups is 1. The van der Waals surface area contributed by atoms with E-state index in [0.717, 1.165) is 5.69 Å². The molecule has 2 N–H and O–H groups in total. The molecule has 2 aromatic heterocycles. The topological polar surface area (TPSA) is 100 Å². The second kappa shape index (κ2) is 7.64. The van der Waals surface area contributed by atoms with Crippen LogP contribution in [0.1, 0.15) is 10.4 Å². The molecule has 0 saturated heterocycles. The molecular weight excluding hydrogens is 334 g/mol. The minimum Gasteiger partial charge on any atom is -0.422 e. The van der Waals surface area contributed by atoms with Crippen molar-refractivity contribution in [2.24, 2.45) is 0 Å². The van der Waals surface area contributed by atoms with Gasteiger partial charge < -0.3 is 20.0 Å². The molecule has 0 bridgehead atoms. The van der Waals surface area contributed by atoms with Crippen molar-refractivity contribution in [3.63, 3.8) is 0 Å². The van der Waals surface area contributed by atoms with Crippen molar-refractivity contribution in [1.82, 2.24) is 15.5 Å². The van der Waals surface area contributed by atoms with Gasteiger partial charge in [-0.3, -0.25) is 4.79 Å². The highest BCUT2D eigenvalue weighted by molar-refractivity contribution is 5.96. The van der Waals surface area contributed by atoms with Crippen LogP contribution < -0.4 is 21.2 Å². The van der Waals surface area contributed by atoms with Crippen molar-refractivity contribution in [1.29, 1.82) is 0 Å². The van der Waals surface area contributed by atoms with Gasteiger partial charge in [-0.1, -0.05) is 18.2 Å². The molecule has 1 aromatic carbocycles. The molecule has 3 rings (SSSR count). The molecule has 0 aliphatic carbocycles. The third-order valence-corrected chi connectivity index (χ3v) is 3.76. The zero-order chi connectivity index (χ0) is 18.5. The Morgan fingerprint density at radius 2 is 2.00 bits per heavy atom. The van der Waals surface area contributed by atoms with Gasteiger partial charge in [-0.2, -0.15) is 5.10 Å². The summed E-state index contributed by atoms with van der Waals surface area (Å²) in [5.41, 5.74) is 0.701. The number of hydrogen-bond donors (Lipinski definition) is 2. The van der Waals surface area contributed by atoms with Crippen molar-refractivity contribution in [2.75, 3.05) is 37.4 Å². The van der Waals surface area contributed by atoms with Gasteiger partial charge in [0.25, 0.3) is 5.91 Å². The van der Waals surface area contributed by atoms with Crippen LogP contribution in [0.5, 0.6) is 0 Å². The minimum absolute atomic E-state index is 0.0157. The standard InChI is InChI=1S/C18H19N5O3/c1-23(2)13-10-16(22-21-11-13)19-7-8-20-17(24)14-9-12-5-3-4-6-15(12)26-18(14)25/h3-6,9-11H,7-8H2,1-2H3,(H,19,22)(H,20,24).